The number of benzene rings is 3. The van der Waals surface area contributed by atoms with E-state index in [0.717, 1.165) is 69.6 Å². The molecule has 0 saturated carbocycles. The highest BCUT2D eigenvalue weighted by Crippen LogP contribution is 2.24. The van der Waals surface area contributed by atoms with Crippen LogP contribution >= 0.6 is 0 Å². The summed E-state index contributed by atoms with van der Waals surface area (Å²) in [5, 5.41) is 0. The van der Waals surface area contributed by atoms with E-state index in [1.807, 2.05) is 6.92 Å². The molecule has 56 heavy (non-hydrogen) atoms. The van der Waals surface area contributed by atoms with Crippen LogP contribution in [0.15, 0.2) is 60.7 Å². The number of hydrogen-bond donors (Lipinski definition) is 0. The molecule has 0 aliphatic rings. The Balaban J connectivity index is 1.32. The summed E-state index contributed by atoms with van der Waals surface area (Å²) < 4.78 is 51.2. The van der Waals surface area contributed by atoms with E-state index in [0.29, 0.717) is 12.2 Å². The molecule has 0 aromatic heterocycles. The zero-order valence-corrected chi connectivity index (χ0v) is 34.0. The first-order valence-electron chi connectivity index (χ1n) is 21.2. The average molecular weight is 779 g/mol. The third-order valence-electron chi connectivity index (χ3n) is 9.87. The van der Waals surface area contributed by atoms with Crippen molar-refractivity contribution in [1.29, 1.82) is 0 Å². The minimum Gasteiger partial charge on any atom is -0.491 e. The lowest BCUT2D eigenvalue weighted by Gasteiger charge is -2.13. The van der Waals surface area contributed by atoms with Gasteiger partial charge in [0.2, 0.25) is 0 Å². The number of carbonyl (C=O) groups excluding carboxylic acids is 3. The van der Waals surface area contributed by atoms with Crippen LogP contribution in [0.25, 0.3) is 0 Å². The number of unbranched alkanes of at least 4 members (excludes halogenated alkanes) is 18. The van der Waals surface area contributed by atoms with Crippen molar-refractivity contribution in [2.45, 2.75) is 162 Å². The van der Waals surface area contributed by atoms with E-state index in [4.69, 9.17) is 18.9 Å². The topological polar surface area (TPSA) is 88.1 Å². The van der Waals surface area contributed by atoms with Gasteiger partial charge in [-0.1, -0.05) is 129 Å². The predicted octanol–water partition coefficient (Wildman–Crippen LogP) is 13.6. The summed E-state index contributed by atoms with van der Waals surface area (Å²) >= 11 is 0. The Morgan fingerprint density at radius 3 is 1.43 bits per heavy atom. The maximum absolute atomic E-state index is 14.9. The van der Waals surface area contributed by atoms with Crippen LogP contribution in [0.1, 0.15) is 187 Å². The summed E-state index contributed by atoms with van der Waals surface area (Å²) in [5.41, 5.74) is 0.0727. The first kappa shape index (κ1) is 46.1. The highest BCUT2D eigenvalue weighted by molar-refractivity contribution is 5.93. The van der Waals surface area contributed by atoms with Crippen molar-refractivity contribution < 1.29 is 42.1 Å². The number of ether oxygens (including phenoxy) is 4. The van der Waals surface area contributed by atoms with Crippen molar-refractivity contribution in [2.75, 3.05) is 6.61 Å². The summed E-state index contributed by atoms with van der Waals surface area (Å²) in [6.45, 7) is 6.63. The molecule has 9 heteroatoms. The minimum absolute atomic E-state index is 0.0360. The quantitative estimate of drug-likeness (QED) is 0.0394. The number of esters is 3. The molecular formula is C47H64F2O7. The van der Waals surface area contributed by atoms with Gasteiger partial charge >= 0.3 is 17.9 Å². The standard InChI is InChI=1S/C47H64F2O7/c1-4-6-8-10-11-12-13-14-15-16-17-18-19-20-21-23-33-53-43-31-27-39(34-41(43)48)47(52)56-44-32-28-38(35-42(44)49)46(51)55-40-29-25-37(26-30-40)45(50)54-36(3)24-22-9-7-5-2/h25-32,34-36H,4-24,33H2,1-3H3/t36-/m1/s1. The molecule has 0 unspecified atom stereocenters. The van der Waals surface area contributed by atoms with Gasteiger partial charge in [-0.3, -0.25) is 0 Å². The lowest BCUT2D eigenvalue weighted by molar-refractivity contribution is 0.0319. The van der Waals surface area contributed by atoms with Crippen molar-refractivity contribution >= 4 is 17.9 Å². The second-order valence-electron chi connectivity index (χ2n) is 14.8. The number of carbonyl (C=O) groups is 3. The Kier molecular flexibility index (Phi) is 22.5. The highest BCUT2D eigenvalue weighted by Gasteiger charge is 2.18. The molecule has 308 valence electrons. The van der Waals surface area contributed by atoms with Gasteiger partial charge in [0.1, 0.15) is 5.75 Å². The van der Waals surface area contributed by atoms with Crippen LogP contribution in [-0.2, 0) is 4.74 Å². The number of hydrogen-bond acceptors (Lipinski definition) is 7. The van der Waals surface area contributed by atoms with Gasteiger partial charge in [0.15, 0.2) is 23.1 Å². The van der Waals surface area contributed by atoms with Gasteiger partial charge < -0.3 is 18.9 Å². The van der Waals surface area contributed by atoms with Crippen LogP contribution in [0.3, 0.4) is 0 Å². The smallest absolute Gasteiger partial charge is 0.343 e. The van der Waals surface area contributed by atoms with Crippen LogP contribution in [0.5, 0.6) is 17.2 Å². The van der Waals surface area contributed by atoms with Crippen molar-refractivity contribution in [3.05, 3.63) is 89.0 Å². The van der Waals surface area contributed by atoms with Gasteiger partial charge in [-0.05, 0) is 86.8 Å². The molecule has 0 radical (unpaired) electrons. The van der Waals surface area contributed by atoms with E-state index in [2.05, 4.69) is 13.8 Å². The molecule has 0 heterocycles. The molecule has 0 bridgehead atoms. The maximum atomic E-state index is 14.9. The van der Waals surface area contributed by atoms with Gasteiger partial charge in [0.05, 0.1) is 29.4 Å². The normalized spacial score (nSPS) is 11.6. The van der Waals surface area contributed by atoms with E-state index in [1.165, 1.54) is 126 Å². The Bertz CT molecular complexity index is 1590. The van der Waals surface area contributed by atoms with Gasteiger partial charge in [0.25, 0.3) is 0 Å². The average Bonchev–Trinajstić information content (AvgIpc) is 3.19. The van der Waals surface area contributed by atoms with Crippen molar-refractivity contribution in [3.8, 4) is 17.2 Å². The molecule has 0 N–H and O–H groups in total. The highest BCUT2D eigenvalue weighted by atomic mass is 19.1. The summed E-state index contributed by atoms with van der Waals surface area (Å²) in [6.07, 6.45) is 25.2. The van der Waals surface area contributed by atoms with Crippen LogP contribution < -0.4 is 14.2 Å². The van der Waals surface area contributed by atoms with Gasteiger partial charge in [0, 0.05) is 0 Å². The van der Waals surface area contributed by atoms with Crippen LogP contribution in [0, 0.1) is 11.6 Å². The molecule has 7 nitrogen and oxygen atoms in total. The lowest BCUT2D eigenvalue weighted by atomic mass is 10.0. The molecule has 0 aliphatic heterocycles. The maximum Gasteiger partial charge on any atom is 0.343 e. The number of halogens is 2. The molecule has 0 aliphatic carbocycles. The van der Waals surface area contributed by atoms with E-state index in [9.17, 15) is 23.2 Å². The molecule has 3 rings (SSSR count). The van der Waals surface area contributed by atoms with Gasteiger partial charge in [-0.15, -0.1) is 0 Å². The second kappa shape index (κ2) is 27.3. The fourth-order valence-electron chi connectivity index (χ4n) is 6.44. The first-order valence-corrected chi connectivity index (χ1v) is 21.2. The summed E-state index contributed by atoms with van der Waals surface area (Å²) in [5.74, 6) is -4.23. The van der Waals surface area contributed by atoms with E-state index >= 15 is 0 Å². The Hall–Kier alpha value is -4.27. The monoisotopic (exact) mass is 778 g/mol. The zero-order valence-electron chi connectivity index (χ0n) is 34.0. The largest absolute Gasteiger partial charge is 0.491 e. The van der Waals surface area contributed by atoms with Crippen LogP contribution in [-0.4, -0.2) is 30.6 Å². The Morgan fingerprint density at radius 2 is 0.929 bits per heavy atom. The van der Waals surface area contributed by atoms with E-state index in [-0.39, 0.29) is 28.7 Å². The molecule has 0 fully saturated rings. The van der Waals surface area contributed by atoms with Gasteiger partial charge in [-0.25, -0.2) is 23.2 Å². The van der Waals surface area contributed by atoms with E-state index < -0.39 is 35.3 Å². The fourth-order valence-corrected chi connectivity index (χ4v) is 6.44. The summed E-state index contributed by atoms with van der Waals surface area (Å²) in [4.78, 5) is 37.9. The van der Waals surface area contributed by atoms with Crippen molar-refractivity contribution in [1.82, 2.24) is 0 Å². The molecular weight excluding hydrogens is 715 g/mol. The predicted molar refractivity (Wildman–Crippen MR) is 218 cm³/mol. The summed E-state index contributed by atoms with van der Waals surface area (Å²) in [7, 11) is 0. The van der Waals surface area contributed by atoms with Crippen LogP contribution in [0.2, 0.25) is 0 Å². The number of rotatable bonds is 29. The van der Waals surface area contributed by atoms with Crippen molar-refractivity contribution in [3.63, 3.8) is 0 Å². The first-order chi connectivity index (χ1) is 27.2. The Labute approximate surface area is 333 Å². The zero-order chi connectivity index (χ0) is 40.4. The lowest BCUT2D eigenvalue weighted by Crippen LogP contribution is -2.15. The van der Waals surface area contributed by atoms with Crippen LogP contribution in [0.4, 0.5) is 8.78 Å². The molecule has 3 aromatic carbocycles. The molecule has 3 aromatic rings. The van der Waals surface area contributed by atoms with E-state index in [1.54, 1.807) is 0 Å². The SMILES string of the molecule is CCCCCCCCCCCCCCCCCCOc1ccc(C(=O)Oc2ccc(C(=O)Oc3ccc(C(=O)O[C@H](C)CCCCCC)cc3)cc2F)cc1F. The molecule has 1 atom stereocenters. The molecule has 0 spiro atoms. The fraction of sp³-hybridized carbons (Fsp3) is 0.553. The minimum atomic E-state index is -0.978. The van der Waals surface area contributed by atoms with Crippen molar-refractivity contribution in [2.24, 2.45) is 0 Å². The van der Waals surface area contributed by atoms with Gasteiger partial charge in [-0.2, -0.15) is 0 Å². The summed E-state index contributed by atoms with van der Waals surface area (Å²) in [6, 6.07) is 12.8. The molecule has 0 saturated heterocycles. The second-order valence-corrected chi connectivity index (χ2v) is 14.8. The third-order valence-corrected chi connectivity index (χ3v) is 9.87. The third kappa shape index (κ3) is 18.1. The Morgan fingerprint density at radius 1 is 0.500 bits per heavy atom. The molecule has 0 amide bonds.